The number of hydrogen-bond acceptors (Lipinski definition) is 4. The molecular weight excluding hydrogens is 304 g/mol. The Balaban J connectivity index is 1.85. The molecule has 1 aliphatic heterocycles. The molecule has 1 heterocycles. The first-order valence-electron chi connectivity index (χ1n) is 8.92. The number of likely N-dealkylation sites (tertiary alicyclic amines) is 1. The molecule has 1 amide bonds. The van der Waals surface area contributed by atoms with Crippen molar-refractivity contribution in [1.82, 2.24) is 10.2 Å². The van der Waals surface area contributed by atoms with Crippen molar-refractivity contribution in [3.05, 3.63) is 35.9 Å². The van der Waals surface area contributed by atoms with Crippen LogP contribution in [0.25, 0.3) is 0 Å². The first-order chi connectivity index (χ1) is 11.7. The lowest BCUT2D eigenvalue weighted by Crippen LogP contribution is -2.50. The van der Waals surface area contributed by atoms with Crippen LogP contribution in [0.4, 0.5) is 0 Å². The standard InChI is InChI=1S/C19H28N2O3/c1-3-8-17(19(23)24-4-2)21-13-11-16(12-14-21)20-18(22)15-9-6-5-7-10-15/h5-7,9-10,16-17H,3-4,8,11-14H2,1-2H3,(H,20,22). The van der Waals surface area contributed by atoms with E-state index in [1.807, 2.05) is 37.3 Å². The predicted octanol–water partition coefficient (Wildman–Crippen LogP) is 2.61. The van der Waals surface area contributed by atoms with Gasteiger partial charge in [0.25, 0.3) is 5.91 Å². The minimum absolute atomic E-state index is 0.0236. The average Bonchev–Trinajstić information content (AvgIpc) is 2.61. The molecule has 5 nitrogen and oxygen atoms in total. The Kier molecular flexibility index (Phi) is 7.25. The lowest BCUT2D eigenvalue weighted by atomic mass is 10.0. The van der Waals surface area contributed by atoms with E-state index >= 15 is 0 Å². The second-order valence-corrected chi connectivity index (χ2v) is 6.21. The molecule has 1 saturated heterocycles. The van der Waals surface area contributed by atoms with Crippen molar-refractivity contribution < 1.29 is 14.3 Å². The van der Waals surface area contributed by atoms with Crippen molar-refractivity contribution in [2.24, 2.45) is 0 Å². The van der Waals surface area contributed by atoms with E-state index in [1.54, 1.807) is 0 Å². The largest absolute Gasteiger partial charge is 0.465 e. The molecule has 0 aliphatic carbocycles. The maximum absolute atomic E-state index is 12.2. The van der Waals surface area contributed by atoms with Crippen LogP contribution in [0, 0.1) is 0 Å². The van der Waals surface area contributed by atoms with Crippen LogP contribution >= 0.6 is 0 Å². The molecule has 1 aromatic rings. The summed E-state index contributed by atoms with van der Waals surface area (Å²) in [5.74, 6) is -0.143. The first kappa shape index (κ1) is 18.5. The number of hydrogen-bond donors (Lipinski definition) is 1. The van der Waals surface area contributed by atoms with E-state index in [1.165, 1.54) is 0 Å². The Hall–Kier alpha value is -1.88. The summed E-state index contributed by atoms with van der Waals surface area (Å²) in [6.45, 7) is 5.96. The van der Waals surface area contributed by atoms with Crippen molar-refractivity contribution in [2.75, 3.05) is 19.7 Å². The van der Waals surface area contributed by atoms with E-state index in [0.29, 0.717) is 12.2 Å². The molecule has 1 aliphatic rings. The van der Waals surface area contributed by atoms with E-state index in [0.717, 1.165) is 38.8 Å². The number of carbonyl (C=O) groups excluding carboxylic acids is 2. The van der Waals surface area contributed by atoms with Gasteiger partial charge in [0.2, 0.25) is 0 Å². The molecule has 1 N–H and O–H groups in total. The lowest BCUT2D eigenvalue weighted by Gasteiger charge is -2.36. The fraction of sp³-hybridized carbons (Fsp3) is 0.579. The zero-order valence-corrected chi connectivity index (χ0v) is 14.7. The van der Waals surface area contributed by atoms with Gasteiger partial charge in [0, 0.05) is 24.7 Å². The van der Waals surface area contributed by atoms with Crippen LogP contribution < -0.4 is 5.32 Å². The molecule has 0 aromatic heterocycles. The molecule has 1 aromatic carbocycles. The molecule has 5 heteroatoms. The van der Waals surface area contributed by atoms with Gasteiger partial charge in [0.1, 0.15) is 6.04 Å². The van der Waals surface area contributed by atoms with Crippen LogP contribution in [0.15, 0.2) is 30.3 Å². The molecule has 1 unspecified atom stereocenters. The van der Waals surface area contributed by atoms with Gasteiger partial charge in [0.15, 0.2) is 0 Å². The maximum Gasteiger partial charge on any atom is 0.323 e. The normalized spacial score (nSPS) is 17.2. The van der Waals surface area contributed by atoms with Crippen LogP contribution in [-0.4, -0.2) is 48.6 Å². The van der Waals surface area contributed by atoms with Crippen LogP contribution in [0.2, 0.25) is 0 Å². The second-order valence-electron chi connectivity index (χ2n) is 6.21. The van der Waals surface area contributed by atoms with Gasteiger partial charge in [-0.15, -0.1) is 0 Å². The van der Waals surface area contributed by atoms with Crippen molar-refractivity contribution in [2.45, 2.75) is 51.6 Å². The number of piperidine rings is 1. The number of esters is 1. The number of amides is 1. The molecule has 24 heavy (non-hydrogen) atoms. The van der Waals surface area contributed by atoms with Gasteiger partial charge in [-0.2, -0.15) is 0 Å². The van der Waals surface area contributed by atoms with E-state index in [4.69, 9.17) is 4.74 Å². The Bertz CT molecular complexity index is 525. The number of nitrogens with zero attached hydrogens (tertiary/aromatic N) is 1. The minimum Gasteiger partial charge on any atom is -0.465 e. The van der Waals surface area contributed by atoms with Crippen LogP contribution in [0.5, 0.6) is 0 Å². The van der Waals surface area contributed by atoms with Gasteiger partial charge in [-0.05, 0) is 38.3 Å². The van der Waals surface area contributed by atoms with Crippen molar-refractivity contribution in [3.8, 4) is 0 Å². The maximum atomic E-state index is 12.2. The number of ether oxygens (including phenoxy) is 1. The van der Waals surface area contributed by atoms with Gasteiger partial charge in [-0.25, -0.2) is 0 Å². The van der Waals surface area contributed by atoms with Crippen molar-refractivity contribution in [1.29, 1.82) is 0 Å². The number of benzene rings is 1. The molecule has 132 valence electrons. The highest BCUT2D eigenvalue weighted by atomic mass is 16.5. The third-order valence-electron chi connectivity index (χ3n) is 4.46. The van der Waals surface area contributed by atoms with Crippen LogP contribution in [0.3, 0.4) is 0 Å². The highest BCUT2D eigenvalue weighted by Gasteiger charge is 2.30. The number of rotatable bonds is 7. The Morgan fingerprint density at radius 3 is 2.46 bits per heavy atom. The third-order valence-corrected chi connectivity index (χ3v) is 4.46. The quantitative estimate of drug-likeness (QED) is 0.780. The summed E-state index contributed by atoms with van der Waals surface area (Å²) in [7, 11) is 0. The summed E-state index contributed by atoms with van der Waals surface area (Å²) < 4.78 is 5.21. The summed E-state index contributed by atoms with van der Waals surface area (Å²) in [5, 5.41) is 3.10. The smallest absolute Gasteiger partial charge is 0.323 e. The number of nitrogens with one attached hydrogen (secondary N) is 1. The monoisotopic (exact) mass is 332 g/mol. The molecule has 0 spiro atoms. The van der Waals surface area contributed by atoms with Crippen LogP contribution in [-0.2, 0) is 9.53 Å². The fourth-order valence-electron chi connectivity index (χ4n) is 3.18. The summed E-state index contributed by atoms with van der Waals surface area (Å²) in [4.78, 5) is 26.6. The molecule has 0 radical (unpaired) electrons. The van der Waals surface area contributed by atoms with E-state index in [-0.39, 0.29) is 24.0 Å². The summed E-state index contributed by atoms with van der Waals surface area (Å²) >= 11 is 0. The Morgan fingerprint density at radius 2 is 1.88 bits per heavy atom. The third kappa shape index (κ3) is 5.06. The van der Waals surface area contributed by atoms with Crippen molar-refractivity contribution in [3.63, 3.8) is 0 Å². The number of carbonyl (C=O) groups is 2. The molecule has 2 rings (SSSR count). The average molecular weight is 332 g/mol. The van der Waals surface area contributed by atoms with Gasteiger partial charge in [0.05, 0.1) is 6.61 Å². The van der Waals surface area contributed by atoms with Gasteiger partial charge in [-0.3, -0.25) is 14.5 Å². The zero-order valence-electron chi connectivity index (χ0n) is 14.7. The summed E-state index contributed by atoms with van der Waals surface area (Å²) in [5.41, 5.74) is 0.690. The Morgan fingerprint density at radius 1 is 1.21 bits per heavy atom. The molecular formula is C19H28N2O3. The van der Waals surface area contributed by atoms with E-state index < -0.39 is 0 Å². The highest BCUT2D eigenvalue weighted by Crippen LogP contribution is 2.18. The Labute approximate surface area is 144 Å². The van der Waals surface area contributed by atoms with Crippen LogP contribution in [0.1, 0.15) is 49.9 Å². The fourth-order valence-corrected chi connectivity index (χ4v) is 3.18. The molecule has 0 saturated carbocycles. The first-order valence-corrected chi connectivity index (χ1v) is 8.92. The van der Waals surface area contributed by atoms with Gasteiger partial charge in [-0.1, -0.05) is 31.5 Å². The SMILES string of the molecule is CCCC(C(=O)OCC)N1CCC(NC(=O)c2ccccc2)CC1. The molecule has 0 bridgehead atoms. The summed E-state index contributed by atoms with van der Waals surface area (Å²) in [6, 6.07) is 9.29. The van der Waals surface area contributed by atoms with E-state index in [2.05, 4.69) is 17.1 Å². The summed E-state index contributed by atoms with van der Waals surface area (Å²) in [6.07, 6.45) is 3.49. The molecule has 1 fully saturated rings. The lowest BCUT2D eigenvalue weighted by molar-refractivity contribution is -0.150. The zero-order chi connectivity index (χ0) is 17.4. The highest BCUT2D eigenvalue weighted by molar-refractivity contribution is 5.94. The topological polar surface area (TPSA) is 58.6 Å². The van der Waals surface area contributed by atoms with Crippen molar-refractivity contribution >= 4 is 11.9 Å². The second kappa shape index (κ2) is 9.42. The van der Waals surface area contributed by atoms with Gasteiger partial charge < -0.3 is 10.1 Å². The van der Waals surface area contributed by atoms with E-state index in [9.17, 15) is 9.59 Å². The predicted molar refractivity (Wildman–Crippen MR) is 93.8 cm³/mol. The minimum atomic E-state index is -0.152. The molecule has 1 atom stereocenters. The van der Waals surface area contributed by atoms with Gasteiger partial charge >= 0.3 is 5.97 Å².